The van der Waals surface area contributed by atoms with Crippen LogP contribution in [0.1, 0.15) is 83.5 Å². The molecule has 0 aromatic heterocycles. The lowest BCUT2D eigenvalue weighted by molar-refractivity contribution is -0.136. The number of aliphatic imine (C=N–C) groups is 1. The van der Waals surface area contributed by atoms with Crippen LogP contribution in [0.4, 0.5) is 0 Å². The number of fused-ring (bicyclic) bond motifs is 1. The van der Waals surface area contributed by atoms with Gasteiger partial charge < -0.3 is 9.69 Å². The second kappa shape index (κ2) is 10.8. The lowest BCUT2D eigenvalue weighted by atomic mass is 9.82. The van der Waals surface area contributed by atoms with Crippen molar-refractivity contribution in [2.24, 2.45) is 16.8 Å². The van der Waals surface area contributed by atoms with Gasteiger partial charge in [0.15, 0.2) is 0 Å². The lowest BCUT2D eigenvalue weighted by Crippen LogP contribution is -2.52. The molecular formula is C22H37N3O2. The Bertz CT molecular complexity index is 520. The molecule has 5 heteroatoms. The van der Waals surface area contributed by atoms with Crippen molar-refractivity contribution in [2.45, 2.75) is 83.5 Å². The van der Waals surface area contributed by atoms with Gasteiger partial charge in [0, 0.05) is 38.0 Å². The molecule has 2 aliphatic heterocycles. The molecular weight excluding hydrogens is 338 g/mol. The molecule has 0 spiro atoms. The summed E-state index contributed by atoms with van der Waals surface area (Å²) in [6.07, 6.45) is 15.4. The van der Waals surface area contributed by atoms with E-state index in [0.717, 1.165) is 89.8 Å². The first-order valence-corrected chi connectivity index (χ1v) is 11.4. The number of carbonyl (C=O) groups is 2. The van der Waals surface area contributed by atoms with Crippen LogP contribution < -0.4 is 0 Å². The Hall–Kier alpha value is -1.39. The molecule has 2 unspecified atom stereocenters. The van der Waals surface area contributed by atoms with Gasteiger partial charge in [0.2, 0.25) is 11.9 Å². The van der Waals surface area contributed by atoms with E-state index in [4.69, 9.17) is 4.99 Å². The number of rotatable bonds is 2. The molecule has 1 saturated heterocycles. The van der Waals surface area contributed by atoms with Crippen LogP contribution >= 0.6 is 0 Å². The van der Waals surface area contributed by atoms with Gasteiger partial charge in [-0.15, -0.1) is 0 Å². The molecule has 2 heterocycles. The average Bonchev–Trinajstić information content (AvgIpc) is 2.90. The van der Waals surface area contributed by atoms with Crippen molar-refractivity contribution in [3.8, 4) is 0 Å². The van der Waals surface area contributed by atoms with Crippen molar-refractivity contribution in [2.75, 3.05) is 26.2 Å². The third kappa shape index (κ3) is 5.55. The maximum atomic E-state index is 13.7. The number of hydrogen-bond donors (Lipinski definition) is 0. The third-order valence-corrected chi connectivity index (χ3v) is 6.50. The summed E-state index contributed by atoms with van der Waals surface area (Å²) in [5, 5.41) is 0. The summed E-state index contributed by atoms with van der Waals surface area (Å²) in [5.74, 6) is 0.785. The Balaban J connectivity index is 1.81. The van der Waals surface area contributed by atoms with E-state index < -0.39 is 0 Å². The molecule has 1 amide bonds. The molecule has 0 radical (unpaired) electrons. The van der Waals surface area contributed by atoms with E-state index in [1.54, 1.807) is 0 Å². The third-order valence-electron chi connectivity index (χ3n) is 6.50. The van der Waals surface area contributed by atoms with Gasteiger partial charge in [-0.05, 0) is 44.9 Å². The highest BCUT2D eigenvalue weighted by Gasteiger charge is 2.35. The molecule has 0 aromatic rings. The van der Waals surface area contributed by atoms with E-state index in [0.29, 0.717) is 0 Å². The van der Waals surface area contributed by atoms with Gasteiger partial charge in [0.1, 0.15) is 6.29 Å². The van der Waals surface area contributed by atoms with Gasteiger partial charge in [0.25, 0.3) is 0 Å². The largest absolute Gasteiger partial charge is 0.342 e. The average molecular weight is 376 g/mol. The number of hydrogen-bond acceptors (Lipinski definition) is 4. The van der Waals surface area contributed by atoms with E-state index in [-0.39, 0.29) is 17.7 Å². The molecule has 152 valence electrons. The molecule has 1 aliphatic carbocycles. The fourth-order valence-electron chi connectivity index (χ4n) is 4.86. The van der Waals surface area contributed by atoms with Crippen LogP contribution in [0, 0.1) is 11.8 Å². The highest BCUT2D eigenvalue weighted by molar-refractivity contribution is 5.99. The van der Waals surface area contributed by atoms with E-state index in [2.05, 4.69) is 4.90 Å². The standard InChI is InChI=1S/C22H37N3O2/c26-18-19-12-6-3-1-2-4-7-13-20(19)21(27)25-17-10-5-9-15-24-16-11-8-14-23-22(24)25/h18-20H,1-17H2. The quantitative estimate of drug-likeness (QED) is 0.685. The number of aldehydes is 1. The zero-order valence-corrected chi connectivity index (χ0v) is 16.9. The minimum absolute atomic E-state index is 0.124. The van der Waals surface area contributed by atoms with Gasteiger partial charge in [-0.25, -0.2) is 0 Å². The highest BCUT2D eigenvalue weighted by atomic mass is 16.2. The normalized spacial score (nSPS) is 28.8. The maximum absolute atomic E-state index is 13.7. The SMILES string of the molecule is O=CC1CCCCCCCCC1C(=O)N1CCCCCN2CCCCN=C21. The van der Waals surface area contributed by atoms with E-state index in [1.807, 2.05) is 4.90 Å². The summed E-state index contributed by atoms with van der Waals surface area (Å²) in [6.45, 7) is 3.59. The predicted octanol–water partition coefficient (Wildman–Crippen LogP) is 4.02. The fourth-order valence-corrected chi connectivity index (χ4v) is 4.86. The number of guanidine groups is 1. The smallest absolute Gasteiger partial charge is 0.233 e. The molecule has 5 nitrogen and oxygen atoms in total. The van der Waals surface area contributed by atoms with Gasteiger partial charge >= 0.3 is 0 Å². The molecule has 3 rings (SSSR count). The number of carbonyl (C=O) groups excluding carboxylic acids is 2. The zero-order valence-electron chi connectivity index (χ0n) is 16.9. The van der Waals surface area contributed by atoms with Gasteiger partial charge in [0.05, 0.1) is 0 Å². The van der Waals surface area contributed by atoms with Crippen molar-refractivity contribution in [1.29, 1.82) is 0 Å². The predicted molar refractivity (Wildman–Crippen MR) is 109 cm³/mol. The number of amides is 1. The Morgan fingerprint density at radius 2 is 1.44 bits per heavy atom. The maximum Gasteiger partial charge on any atom is 0.233 e. The van der Waals surface area contributed by atoms with Crippen molar-refractivity contribution in [3.05, 3.63) is 0 Å². The van der Waals surface area contributed by atoms with Crippen molar-refractivity contribution in [1.82, 2.24) is 9.80 Å². The molecule has 2 atom stereocenters. The first-order valence-electron chi connectivity index (χ1n) is 11.4. The first kappa shape index (κ1) is 20.3. The lowest BCUT2D eigenvalue weighted by Gasteiger charge is -2.37. The van der Waals surface area contributed by atoms with Crippen molar-refractivity contribution < 1.29 is 9.59 Å². The van der Waals surface area contributed by atoms with E-state index in [9.17, 15) is 9.59 Å². The summed E-state index contributed by atoms with van der Waals surface area (Å²) in [7, 11) is 0. The van der Waals surface area contributed by atoms with Crippen LogP contribution in [0.2, 0.25) is 0 Å². The topological polar surface area (TPSA) is 53.0 Å². The Kier molecular flexibility index (Phi) is 8.15. The Labute approximate surface area is 164 Å². The molecule has 3 aliphatic rings. The Morgan fingerprint density at radius 1 is 0.815 bits per heavy atom. The van der Waals surface area contributed by atoms with Crippen LogP contribution in [0.25, 0.3) is 0 Å². The van der Waals surface area contributed by atoms with Crippen LogP contribution in [0.5, 0.6) is 0 Å². The summed E-state index contributed by atoms with van der Waals surface area (Å²) in [6, 6.07) is 0. The summed E-state index contributed by atoms with van der Waals surface area (Å²) < 4.78 is 0. The van der Waals surface area contributed by atoms with Crippen LogP contribution in [-0.2, 0) is 9.59 Å². The van der Waals surface area contributed by atoms with Crippen molar-refractivity contribution >= 4 is 18.2 Å². The van der Waals surface area contributed by atoms with Gasteiger partial charge in [-0.1, -0.05) is 38.5 Å². The minimum Gasteiger partial charge on any atom is -0.342 e. The van der Waals surface area contributed by atoms with Crippen LogP contribution in [0.3, 0.4) is 0 Å². The second-order valence-corrected chi connectivity index (χ2v) is 8.53. The minimum atomic E-state index is -0.159. The molecule has 1 saturated carbocycles. The van der Waals surface area contributed by atoms with Crippen LogP contribution in [-0.4, -0.2) is 54.1 Å². The van der Waals surface area contributed by atoms with E-state index in [1.165, 1.54) is 32.1 Å². The summed E-state index contributed by atoms with van der Waals surface area (Å²) in [5.41, 5.74) is 0. The molecule has 27 heavy (non-hydrogen) atoms. The molecule has 2 fully saturated rings. The highest BCUT2D eigenvalue weighted by Crippen LogP contribution is 2.29. The molecule has 0 bridgehead atoms. The van der Waals surface area contributed by atoms with Gasteiger partial charge in [-0.3, -0.25) is 14.7 Å². The summed E-state index contributed by atoms with van der Waals surface area (Å²) >= 11 is 0. The van der Waals surface area contributed by atoms with Crippen LogP contribution in [0.15, 0.2) is 4.99 Å². The van der Waals surface area contributed by atoms with Gasteiger partial charge in [-0.2, -0.15) is 0 Å². The van der Waals surface area contributed by atoms with E-state index >= 15 is 0 Å². The molecule has 0 N–H and O–H groups in total. The second-order valence-electron chi connectivity index (χ2n) is 8.53. The Morgan fingerprint density at radius 3 is 2.22 bits per heavy atom. The monoisotopic (exact) mass is 375 g/mol. The van der Waals surface area contributed by atoms with Crippen molar-refractivity contribution in [3.63, 3.8) is 0 Å². The number of nitrogens with zero attached hydrogens (tertiary/aromatic N) is 3. The fraction of sp³-hybridized carbons (Fsp3) is 0.864. The zero-order chi connectivity index (χ0) is 18.9. The molecule has 0 aromatic carbocycles. The summed E-state index contributed by atoms with van der Waals surface area (Å²) in [4.78, 5) is 34.7. The first-order chi connectivity index (χ1) is 13.3.